The molecule has 1 heterocycles. The van der Waals surface area contributed by atoms with Crippen molar-refractivity contribution in [3.63, 3.8) is 0 Å². The number of fused-ring (bicyclic) bond motifs is 1. The number of carboxylic acids is 1. The quantitative estimate of drug-likeness (QED) is 0.185. The number of aliphatic hydroxyl groups is 1. The molecule has 0 bridgehead atoms. The predicted molar refractivity (Wildman–Crippen MR) is 164 cm³/mol. The smallest absolute Gasteiger partial charge is 0.323 e. The van der Waals surface area contributed by atoms with Crippen LogP contribution in [0.3, 0.4) is 0 Å². The fraction of sp³-hybridized carbons (Fsp3) is 0.235. The van der Waals surface area contributed by atoms with Crippen LogP contribution >= 0.6 is 11.6 Å². The molecule has 5 rings (SSSR count). The van der Waals surface area contributed by atoms with Crippen molar-refractivity contribution in [2.45, 2.75) is 32.7 Å². The second-order valence-corrected chi connectivity index (χ2v) is 10.6. The Kier molecular flexibility index (Phi) is 9.87. The van der Waals surface area contributed by atoms with Crippen LogP contribution in [-0.2, 0) is 24.6 Å². The lowest BCUT2D eigenvalue weighted by Gasteiger charge is -2.20. The van der Waals surface area contributed by atoms with E-state index < -0.39 is 18.6 Å². The van der Waals surface area contributed by atoms with Crippen molar-refractivity contribution in [1.29, 1.82) is 5.26 Å². The summed E-state index contributed by atoms with van der Waals surface area (Å²) in [6.45, 7) is 2.96. The number of rotatable bonds is 12. The first-order chi connectivity index (χ1) is 21.4. The highest BCUT2D eigenvalue weighted by Gasteiger charge is 2.19. The van der Waals surface area contributed by atoms with Gasteiger partial charge >= 0.3 is 5.97 Å². The standard InChI is InChI=1S/C34H31ClN2O7/c1-21-25(6-3-7-27(21)24-8-9-30-33(14-24)42-11-10-41-30)20-44-32-15-31(43-19-23-5-2-4-22(12-23)16-36)26(13-28(32)35)17-37-29(18-38)34(39)40/h2-9,12-15,29,37-38H,10-11,17-20H2,1H3,(H,39,40)/t29-/m1/s1. The Labute approximate surface area is 260 Å². The number of aliphatic carboxylic acids is 1. The van der Waals surface area contributed by atoms with Crippen molar-refractivity contribution in [3.8, 4) is 40.2 Å². The molecule has 3 N–H and O–H groups in total. The van der Waals surface area contributed by atoms with Gasteiger partial charge in [-0.25, -0.2) is 0 Å². The third-order valence-electron chi connectivity index (χ3n) is 7.27. The molecule has 0 saturated heterocycles. The third kappa shape index (κ3) is 7.24. The van der Waals surface area contributed by atoms with Gasteiger partial charge in [-0.15, -0.1) is 0 Å². The van der Waals surface area contributed by atoms with E-state index in [1.165, 1.54) is 0 Å². The number of benzene rings is 4. The van der Waals surface area contributed by atoms with Crippen LogP contribution < -0.4 is 24.3 Å². The van der Waals surface area contributed by atoms with Gasteiger partial charge in [0.15, 0.2) is 11.5 Å². The van der Waals surface area contributed by atoms with Crippen LogP contribution in [0.4, 0.5) is 0 Å². The van der Waals surface area contributed by atoms with Crippen molar-refractivity contribution in [2.75, 3.05) is 19.8 Å². The Hall–Kier alpha value is -4.75. The normalized spacial score (nSPS) is 12.7. The number of carbonyl (C=O) groups is 1. The number of hydrogen-bond acceptors (Lipinski definition) is 8. The number of halogens is 1. The summed E-state index contributed by atoms with van der Waals surface area (Å²) in [6.07, 6.45) is 0. The van der Waals surface area contributed by atoms with E-state index in [1.807, 2.05) is 49.4 Å². The molecule has 9 nitrogen and oxygen atoms in total. The molecule has 0 unspecified atom stereocenters. The molecule has 0 aliphatic carbocycles. The Morgan fingerprint density at radius 2 is 1.75 bits per heavy atom. The van der Waals surface area contributed by atoms with Crippen LogP contribution in [0.2, 0.25) is 5.02 Å². The zero-order chi connectivity index (χ0) is 31.1. The molecule has 0 spiro atoms. The molecule has 226 valence electrons. The van der Waals surface area contributed by atoms with Crippen LogP contribution in [0, 0.1) is 18.3 Å². The van der Waals surface area contributed by atoms with E-state index in [-0.39, 0.29) is 19.8 Å². The molecular weight excluding hydrogens is 584 g/mol. The van der Waals surface area contributed by atoms with E-state index in [1.54, 1.807) is 30.3 Å². The third-order valence-corrected chi connectivity index (χ3v) is 7.56. The summed E-state index contributed by atoms with van der Waals surface area (Å²) in [5, 5.41) is 31.1. The molecule has 1 atom stereocenters. The molecule has 0 radical (unpaired) electrons. The van der Waals surface area contributed by atoms with Gasteiger partial charge in [0.05, 0.1) is 23.3 Å². The van der Waals surface area contributed by atoms with Gasteiger partial charge in [0.25, 0.3) is 0 Å². The van der Waals surface area contributed by atoms with E-state index in [0.29, 0.717) is 40.9 Å². The molecule has 0 aromatic heterocycles. The maximum Gasteiger partial charge on any atom is 0.323 e. The SMILES string of the molecule is Cc1c(COc2cc(OCc3cccc(C#N)c3)c(CN[C@H](CO)C(=O)O)cc2Cl)cccc1-c1ccc2c(c1)OCCO2. The monoisotopic (exact) mass is 614 g/mol. The number of hydrogen-bond donors (Lipinski definition) is 3. The Balaban J connectivity index is 1.37. The minimum atomic E-state index is -1.18. The predicted octanol–water partition coefficient (Wildman–Crippen LogP) is 5.65. The van der Waals surface area contributed by atoms with E-state index in [4.69, 9.17) is 30.5 Å². The van der Waals surface area contributed by atoms with Crippen LogP contribution in [0.5, 0.6) is 23.0 Å². The van der Waals surface area contributed by atoms with Crippen LogP contribution in [0.1, 0.15) is 27.8 Å². The van der Waals surface area contributed by atoms with Gasteiger partial charge in [0, 0.05) is 18.2 Å². The van der Waals surface area contributed by atoms with Crippen LogP contribution in [-0.4, -0.2) is 42.0 Å². The summed E-state index contributed by atoms with van der Waals surface area (Å²) < 4.78 is 23.7. The zero-order valence-electron chi connectivity index (χ0n) is 24.0. The minimum Gasteiger partial charge on any atom is -0.488 e. The number of nitrogens with one attached hydrogen (secondary N) is 1. The minimum absolute atomic E-state index is 0.0712. The highest BCUT2D eigenvalue weighted by atomic mass is 35.5. The molecule has 0 fully saturated rings. The summed E-state index contributed by atoms with van der Waals surface area (Å²) in [4.78, 5) is 11.4. The Morgan fingerprint density at radius 1 is 0.977 bits per heavy atom. The number of nitriles is 1. The first kappa shape index (κ1) is 30.7. The first-order valence-corrected chi connectivity index (χ1v) is 14.4. The highest BCUT2D eigenvalue weighted by molar-refractivity contribution is 6.32. The van der Waals surface area contributed by atoms with Crippen LogP contribution in [0.15, 0.2) is 72.8 Å². The zero-order valence-corrected chi connectivity index (χ0v) is 24.8. The lowest BCUT2D eigenvalue weighted by Crippen LogP contribution is -2.39. The topological polar surface area (TPSA) is 130 Å². The largest absolute Gasteiger partial charge is 0.488 e. The Bertz CT molecular complexity index is 1700. The maximum absolute atomic E-state index is 11.4. The molecule has 1 aliphatic heterocycles. The average molecular weight is 615 g/mol. The summed E-state index contributed by atoms with van der Waals surface area (Å²) in [5.41, 5.74) is 5.91. The van der Waals surface area contributed by atoms with Gasteiger partial charge in [0.2, 0.25) is 0 Å². The van der Waals surface area contributed by atoms with Gasteiger partial charge in [0.1, 0.15) is 44.0 Å². The second-order valence-electron chi connectivity index (χ2n) is 10.2. The molecule has 10 heteroatoms. The van der Waals surface area contributed by atoms with E-state index in [2.05, 4.69) is 11.4 Å². The van der Waals surface area contributed by atoms with Gasteiger partial charge in [-0.1, -0.05) is 48.0 Å². The second kappa shape index (κ2) is 14.1. The fourth-order valence-corrected chi connectivity index (χ4v) is 5.07. The summed E-state index contributed by atoms with van der Waals surface area (Å²) in [6, 6.07) is 23.2. The van der Waals surface area contributed by atoms with Crippen molar-refractivity contribution in [1.82, 2.24) is 5.32 Å². The van der Waals surface area contributed by atoms with Crippen molar-refractivity contribution in [2.24, 2.45) is 0 Å². The molecule has 0 amide bonds. The summed E-state index contributed by atoms with van der Waals surface area (Å²) >= 11 is 6.63. The van der Waals surface area contributed by atoms with Gasteiger partial charge in [-0.2, -0.15) is 5.26 Å². The lowest BCUT2D eigenvalue weighted by molar-refractivity contribution is -0.140. The number of nitrogens with zero attached hydrogens (tertiary/aromatic N) is 1. The van der Waals surface area contributed by atoms with E-state index in [0.717, 1.165) is 39.3 Å². The number of ether oxygens (including phenoxy) is 4. The number of carboxylic acid groups (broad SMARTS) is 1. The highest BCUT2D eigenvalue weighted by Crippen LogP contribution is 2.37. The Morgan fingerprint density at radius 3 is 2.52 bits per heavy atom. The molecular formula is C34H31ClN2O7. The maximum atomic E-state index is 11.4. The van der Waals surface area contributed by atoms with Crippen LogP contribution in [0.25, 0.3) is 11.1 Å². The van der Waals surface area contributed by atoms with Crippen molar-refractivity contribution >= 4 is 17.6 Å². The van der Waals surface area contributed by atoms with Gasteiger partial charge in [-0.3, -0.25) is 10.1 Å². The van der Waals surface area contributed by atoms with E-state index >= 15 is 0 Å². The van der Waals surface area contributed by atoms with Crippen molar-refractivity contribution in [3.05, 3.63) is 106 Å². The first-order valence-electron chi connectivity index (χ1n) is 14.0. The number of aliphatic hydroxyl groups excluding tert-OH is 1. The average Bonchev–Trinajstić information content (AvgIpc) is 3.04. The fourth-order valence-electron chi connectivity index (χ4n) is 4.83. The molecule has 1 aliphatic rings. The summed E-state index contributed by atoms with van der Waals surface area (Å²) in [5.74, 6) is 1.08. The van der Waals surface area contributed by atoms with Gasteiger partial charge in [-0.05, 0) is 65.1 Å². The molecule has 4 aromatic rings. The van der Waals surface area contributed by atoms with E-state index in [9.17, 15) is 20.3 Å². The van der Waals surface area contributed by atoms with Gasteiger partial charge < -0.3 is 29.2 Å². The molecule has 4 aromatic carbocycles. The lowest BCUT2D eigenvalue weighted by atomic mass is 9.96. The molecule has 0 saturated carbocycles. The summed E-state index contributed by atoms with van der Waals surface area (Å²) in [7, 11) is 0. The molecule has 44 heavy (non-hydrogen) atoms. The van der Waals surface area contributed by atoms with Crippen molar-refractivity contribution < 1.29 is 34.0 Å².